The van der Waals surface area contributed by atoms with Crippen LogP contribution in [0, 0.1) is 13.8 Å². The van der Waals surface area contributed by atoms with Crippen molar-refractivity contribution in [1.82, 2.24) is 18.2 Å². The van der Waals surface area contributed by atoms with Crippen LogP contribution in [0.15, 0.2) is 119 Å². The molecular formula is C40H38F6N4O9S2. The zero-order valence-corrected chi connectivity index (χ0v) is 33.8. The van der Waals surface area contributed by atoms with Crippen LogP contribution >= 0.6 is 0 Å². The average Bonchev–Trinajstić information content (AvgIpc) is 3.86. The molecule has 1 saturated heterocycles. The van der Waals surface area contributed by atoms with Gasteiger partial charge >= 0.3 is 24.3 Å². The molecular weight excluding hydrogens is 859 g/mol. The molecule has 21 heteroatoms. The first-order chi connectivity index (χ1) is 28.5. The van der Waals surface area contributed by atoms with Crippen LogP contribution in [0.3, 0.4) is 0 Å². The second kappa shape index (κ2) is 19.6. The van der Waals surface area contributed by atoms with Gasteiger partial charge in [-0.3, -0.25) is 9.69 Å². The highest BCUT2D eigenvalue weighted by Crippen LogP contribution is 2.27. The third-order valence-corrected chi connectivity index (χ3v) is 12.3. The third-order valence-electron chi connectivity index (χ3n) is 8.89. The monoisotopic (exact) mass is 896 g/mol. The van der Waals surface area contributed by atoms with E-state index in [2.05, 4.69) is 16.3 Å². The Morgan fingerprint density at radius 3 is 1.44 bits per heavy atom. The number of carbonyl (C=O) groups is 3. The van der Waals surface area contributed by atoms with E-state index in [9.17, 15) is 48.0 Å². The van der Waals surface area contributed by atoms with Gasteiger partial charge in [-0.25, -0.2) is 34.4 Å². The van der Waals surface area contributed by atoms with Gasteiger partial charge in [-0.15, -0.1) is 0 Å². The predicted octanol–water partition coefficient (Wildman–Crippen LogP) is 6.86. The normalized spacial score (nSPS) is 13.5. The van der Waals surface area contributed by atoms with Crippen LogP contribution in [-0.2, 0) is 36.2 Å². The minimum Gasteiger partial charge on any atom is -0.475 e. The SMILES string of the molecule is Cc1ccc(S(=O)(=O)n2ccc3c(C=O)cccc32)cc1.Cc1ccc(S(=O)(=O)n2ccc3c(CN4CCNCC4)cccc32)cc1.O=C(O)C(F)(F)F.O=C(O)C(F)(F)F. The van der Waals surface area contributed by atoms with Crippen LogP contribution in [-0.4, -0.2) is 96.6 Å². The molecule has 0 saturated carbocycles. The summed E-state index contributed by atoms with van der Waals surface area (Å²) in [6, 6.07) is 28.2. The molecule has 3 N–H and O–H groups in total. The fraction of sp³-hybridized carbons (Fsp3) is 0.225. The molecule has 4 aromatic carbocycles. The van der Waals surface area contributed by atoms with E-state index in [1.54, 1.807) is 66.9 Å². The fourth-order valence-electron chi connectivity index (χ4n) is 5.79. The molecule has 0 radical (unpaired) electrons. The lowest BCUT2D eigenvalue weighted by molar-refractivity contribution is -0.193. The Hall–Kier alpha value is -6.03. The van der Waals surface area contributed by atoms with Crippen molar-refractivity contribution in [1.29, 1.82) is 0 Å². The van der Waals surface area contributed by atoms with E-state index in [4.69, 9.17) is 19.8 Å². The fourth-order valence-corrected chi connectivity index (χ4v) is 8.48. The van der Waals surface area contributed by atoms with Gasteiger partial charge in [0.15, 0.2) is 6.29 Å². The summed E-state index contributed by atoms with van der Waals surface area (Å²) >= 11 is 0. The van der Waals surface area contributed by atoms with Crippen molar-refractivity contribution < 1.29 is 67.8 Å². The van der Waals surface area contributed by atoms with Gasteiger partial charge in [0.2, 0.25) is 0 Å². The summed E-state index contributed by atoms with van der Waals surface area (Å²) in [4.78, 5) is 31.8. The van der Waals surface area contributed by atoms with E-state index in [0.29, 0.717) is 21.4 Å². The van der Waals surface area contributed by atoms with Crippen molar-refractivity contribution in [2.75, 3.05) is 26.2 Å². The summed E-state index contributed by atoms with van der Waals surface area (Å²) in [5.41, 5.74) is 4.92. The number of hydrogen-bond acceptors (Lipinski definition) is 9. The lowest BCUT2D eigenvalue weighted by Gasteiger charge is -2.27. The molecule has 0 amide bonds. The molecule has 13 nitrogen and oxygen atoms in total. The van der Waals surface area contributed by atoms with Crippen molar-refractivity contribution in [3.8, 4) is 0 Å². The number of carbonyl (C=O) groups excluding carboxylic acids is 1. The highest BCUT2D eigenvalue weighted by atomic mass is 32.2. The number of benzene rings is 4. The Kier molecular flexibility index (Phi) is 15.3. The number of hydrogen-bond donors (Lipinski definition) is 3. The molecule has 7 rings (SSSR count). The Morgan fingerprint density at radius 1 is 0.639 bits per heavy atom. The Bertz CT molecular complexity index is 2680. The number of fused-ring (bicyclic) bond motifs is 2. The molecule has 61 heavy (non-hydrogen) atoms. The van der Waals surface area contributed by atoms with Crippen LogP contribution in [0.25, 0.3) is 21.8 Å². The summed E-state index contributed by atoms with van der Waals surface area (Å²) < 4.78 is 118. The topological polar surface area (TPSA) is 185 Å². The molecule has 6 aromatic rings. The number of aliphatic carboxylic acids is 2. The Morgan fingerprint density at radius 2 is 1.03 bits per heavy atom. The number of halogens is 6. The summed E-state index contributed by atoms with van der Waals surface area (Å²) in [6.45, 7) is 8.71. The largest absolute Gasteiger partial charge is 0.490 e. The van der Waals surface area contributed by atoms with Gasteiger partial charge in [-0.05, 0) is 67.9 Å². The van der Waals surface area contributed by atoms with Crippen molar-refractivity contribution in [2.45, 2.75) is 42.5 Å². The van der Waals surface area contributed by atoms with Gasteiger partial charge in [0.05, 0.1) is 20.8 Å². The van der Waals surface area contributed by atoms with E-state index in [1.165, 1.54) is 19.7 Å². The zero-order valence-electron chi connectivity index (χ0n) is 32.2. The van der Waals surface area contributed by atoms with Crippen LogP contribution in [0.4, 0.5) is 26.3 Å². The number of rotatable bonds is 7. The number of carboxylic acid groups (broad SMARTS) is 2. The first-order valence-electron chi connectivity index (χ1n) is 17.8. The van der Waals surface area contributed by atoms with E-state index < -0.39 is 44.3 Å². The number of nitrogens with zero attached hydrogens (tertiary/aromatic N) is 3. The van der Waals surface area contributed by atoms with E-state index >= 15 is 0 Å². The summed E-state index contributed by atoms with van der Waals surface area (Å²) in [5, 5.41) is 19.2. The molecule has 3 heterocycles. The Labute approximate surface area is 345 Å². The summed E-state index contributed by atoms with van der Waals surface area (Å²) in [5.74, 6) is -5.51. The van der Waals surface area contributed by atoms with E-state index in [-0.39, 0.29) is 4.90 Å². The standard InChI is InChI=1S/C20H23N3O2S.C16H13NO3S.2C2HF3O2/c1-16-5-7-18(8-6-16)26(24,25)23-12-9-19-17(3-2-4-20(19)23)15-22-13-10-21-11-14-22;1-12-5-7-14(8-6-12)21(19,20)17-10-9-15-13(11-18)3-2-4-16(15)17;2*3-2(4,5)1(6)7/h2-9,12,21H,10-11,13-15H2,1H3;2-11H,1H3;2*(H,6,7). The average molecular weight is 897 g/mol. The van der Waals surface area contributed by atoms with Gasteiger partial charge in [0, 0.05) is 61.5 Å². The molecule has 0 unspecified atom stereocenters. The van der Waals surface area contributed by atoms with Crippen molar-refractivity contribution in [2.24, 2.45) is 0 Å². The smallest absolute Gasteiger partial charge is 0.475 e. The molecule has 1 fully saturated rings. The Balaban J connectivity index is 0.000000208. The number of carboxylic acids is 2. The van der Waals surface area contributed by atoms with Crippen molar-refractivity contribution in [3.63, 3.8) is 0 Å². The zero-order chi connectivity index (χ0) is 45.3. The summed E-state index contributed by atoms with van der Waals surface area (Å²) in [6.07, 6.45) is -6.29. The highest BCUT2D eigenvalue weighted by Gasteiger charge is 2.39. The predicted molar refractivity (Wildman–Crippen MR) is 212 cm³/mol. The molecule has 326 valence electrons. The number of aromatic nitrogens is 2. The second-order valence-corrected chi connectivity index (χ2v) is 16.9. The van der Waals surface area contributed by atoms with E-state index in [1.807, 2.05) is 44.2 Å². The van der Waals surface area contributed by atoms with Gasteiger partial charge in [0.1, 0.15) is 0 Å². The van der Waals surface area contributed by atoms with Gasteiger partial charge < -0.3 is 15.5 Å². The molecule has 1 aliphatic heterocycles. The van der Waals surface area contributed by atoms with Gasteiger partial charge in [-0.2, -0.15) is 26.3 Å². The second-order valence-electron chi connectivity index (χ2n) is 13.2. The number of aryl methyl sites for hydroxylation is 2. The van der Waals surface area contributed by atoms with Crippen molar-refractivity contribution in [3.05, 3.63) is 132 Å². The minimum atomic E-state index is -5.08. The maximum atomic E-state index is 13.1. The number of aldehydes is 1. The molecule has 0 aliphatic carbocycles. The van der Waals surface area contributed by atoms with Gasteiger partial charge in [0.25, 0.3) is 20.0 Å². The van der Waals surface area contributed by atoms with E-state index in [0.717, 1.165) is 61.0 Å². The van der Waals surface area contributed by atoms with Crippen LogP contribution in [0.1, 0.15) is 27.0 Å². The number of alkyl halides is 6. The number of nitrogens with one attached hydrogen (secondary N) is 1. The van der Waals surface area contributed by atoms with Crippen LogP contribution in [0.5, 0.6) is 0 Å². The number of piperazine rings is 1. The third kappa shape index (κ3) is 12.1. The van der Waals surface area contributed by atoms with Gasteiger partial charge in [-0.1, -0.05) is 59.7 Å². The quantitative estimate of drug-likeness (QED) is 0.112. The van der Waals surface area contributed by atoms with Crippen LogP contribution < -0.4 is 5.32 Å². The first-order valence-corrected chi connectivity index (χ1v) is 20.7. The molecule has 0 spiro atoms. The molecule has 0 atom stereocenters. The first kappa shape index (κ1) is 47.6. The maximum absolute atomic E-state index is 13.1. The van der Waals surface area contributed by atoms with Crippen molar-refractivity contribution >= 4 is 60.1 Å². The lowest BCUT2D eigenvalue weighted by Crippen LogP contribution is -2.42. The lowest BCUT2D eigenvalue weighted by atomic mass is 10.1. The maximum Gasteiger partial charge on any atom is 0.490 e. The molecule has 1 aliphatic rings. The highest BCUT2D eigenvalue weighted by molar-refractivity contribution is 7.90. The molecule has 2 aromatic heterocycles. The van der Waals surface area contributed by atoms with Crippen LogP contribution in [0.2, 0.25) is 0 Å². The minimum absolute atomic E-state index is 0.224. The summed E-state index contributed by atoms with van der Waals surface area (Å²) in [7, 11) is -7.26. The molecule has 0 bridgehead atoms.